The molecule has 1 aliphatic carbocycles. The molecule has 1 amide bonds. The third-order valence-electron chi connectivity index (χ3n) is 5.77. The summed E-state index contributed by atoms with van der Waals surface area (Å²) in [5, 5.41) is 3.04. The molecule has 2 aromatic carbocycles. The molecule has 1 unspecified atom stereocenters. The molecule has 0 radical (unpaired) electrons. The maximum Gasteiger partial charge on any atom is 0.242 e. The van der Waals surface area contributed by atoms with Gasteiger partial charge in [0.15, 0.2) is 0 Å². The van der Waals surface area contributed by atoms with E-state index >= 15 is 0 Å². The lowest BCUT2D eigenvalue weighted by atomic mass is 9.95. The topological polar surface area (TPSA) is 41.6 Å². The van der Waals surface area contributed by atoms with E-state index in [0.717, 1.165) is 18.4 Å². The van der Waals surface area contributed by atoms with Crippen LogP contribution in [0.5, 0.6) is 0 Å². The second-order valence-electron chi connectivity index (χ2n) is 7.58. The van der Waals surface area contributed by atoms with Crippen molar-refractivity contribution < 1.29 is 18.3 Å². The molecule has 148 valence electrons. The zero-order valence-corrected chi connectivity index (χ0v) is 15.7. The van der Waals surface area contributed by atoms with Gasteiger partial charge in [-0.15, -0.1) is 0 Å². The van der Waals surface area contributed by atoms with E-state index in [1.54, 1.807) is 30.3 Å². The first-order valence-electron chi connectivity index (χ1n) is 9.69. The summed E-state index contributed by atoms with van der Waals surface area (Å²) in [6.07, 6.45) is 1.89. The molecule has 4 rings (SSSR count). The number of morpholine rings is 1. The number of halogens is 2. The summed E-state index contributed by atoms with van der Waals surface area (Å²) < 4.78 is 33.1. The van der Waals surface area contributed by atoms with Crippen molar-refractivity contribution in [3.63, 3.8) is 0 Å². The summed E-state index contributed by atoms with van der Waals surface area (Å²) >= 11 is 0. The van der Waals surface area contributed by atoms with Crippen LogP contribution in [0.2, 0.25) is 0 Å². The number of hydrogen-bond donors (Lipinski definition) is 1. The van der Waals surface area contributed by atoms with E-state index in [0.29, 0.717) is 38.4 Å². The fourth-order valence-corrected chi connectivity index (χ4v) is 3.91. The fraction of sp³-hybridized carbons (Fsp3) is 0.409. The third kappa shape index (κ3) is 3.93. The number of carbonyl (C=O) groups is 1. The zero-order valence-electron chi connectivity index (χ0n) is 15.7. The zero-order chi connectivity index (χ0) is 19.6. The highest BCUT2D eigenvalue weighted by molar-refractivity contribution is 5.83. The molecule has 1 aliphatic heterocycles. The molecular formula is C22H24F2N2O2. The van der Waals surface area contributed by atoms with Crippen molar-refractivity contribution in [1.29, 1.82) is 0 Å². The van der Waals surface area contributed by atoms with Crippen LogP contribution in [-0.4, -0.2) is 43.7 Å². The van der Waals surface area contributed by atoms with Crippen LogP contribution in [0.25, 0.3) is 0 Å². The Bertz CT molecular complexity index is 831. The molecule has 2 aromatic rings. The SMILES string of the molecule is O=C(NCC1(c2ccc(F)cc2)CC1)C(c1ccccc1F)N1CCOCC1. The van der Waals surface area contributed by atoms with Gasteiger partial charge in [-0.2, -0.15) is 0 Å². The quantitative estimate of drug-likeness (QED) is 0.829. The highest BCUT2D eigenvalue weighted by atomic mass is 19.1. The highest BCUT2D eigenvalue weighted by Gasteiger charge is 2.45. The summed E-state index contributed by atoms with van der Waals surface area (Å²) in [5.74, 6) is -0.857. The maximum absolute atomic E-state index is 14.5. The van der Waals surface area contributed by atoms with Crippen LogP contribution in [0, 0.1) is 11.6 Å². The number of ether oxygens (including phenoxy) is 1. The van der Waals surface area contributed by atoms with Gasteiger partial charge in [0.2, 0.25) is 5.91 Å². The van der Waals surface area contributed by atoms with Gasteiger partial charge in [-0.3, -0.25) is 9.69 Å². The molecule has 0 aromatic heterocycles. The summed E-state index contributed by atoms with van der Waals surface area (Å²) in [4.78, 5) is 15.1. The van der Waals surface area contributed by atoms with Crippen LogP contribution in [0.15, 0.2) is 48.5 Å². The van der Waals surface area contributed by atoms with Gasteiger partial charge >= 0.3 is 0 Å². The van der Waals surface area contributed by atoms with Gasteiger partial charge in [0, 0.05) is 30.6 Å². The summed E-state index contributed by atoms with van der Waals surface area (Å²) in [5.41, 5.74) is 1.27. The molecule has 6 heteroatoms. The predicted molar refractivity (Wildman–Crippen MR) is 102 cm³/mol. The molecular weight excluding hydrogens is 362 g/mol. The second kappa shape index (κ2) is 7.97. The molecule has 2 fully saturated rings. The standard InChI is InChI=1S/C22H24F2N2O2/c23-17-7-5-16(6-8-17)22(9-10-22)15-25-21(27)20(26-11-13-28-14-12-26)18-3-1-2-4-19(18)24/h1-8,20H,9-15H2,(H,25,27). The minimum atomic E-state index is -0.686. The first-order valence-corrected chi connectivity index (χ1v) is 9.69. The lowest BCUT2D eigenvalue weighted by Crippen LogP contribution is -2.47. The molecule has 1 heterocycles. The van der Waals surface area contributed by atoms with Gasteiger partial charge in [0.05, 0.1) is 13.2 Å². The largest absolute Gasteiger partial charge is 0.379 e. The number of nitrogens with one attached hydrogen (secondary N) is 1. The van der Waals surface area contributed by atoms with Gasteiger partial charge < -0.3 is 10.1 Å². The number of benzene rings is 2. The molecule has 0 spiro atoms. The highest BCUT2D eigenvalue weighted by Crippen LogP contribution is 2.47. The smallest absolute Gasteiger partial charge is 0.242 e. The Kier molecular flexibility index (Phi) is 5.42. The lowest BCUT2D eigenvalue weighted by molar-refractivity contribution is -0.128. The lowest BCUT2D eigenvalue weighted by Gasteiger charge is -2.34. The van der Waals surface area contributed by atoms with Crippen molar-refractivity contribution in [2.24, 2.45) is 0 Å². The monoisotopic (exact) mass is 386 g/mol. The third-order valence-corrected chi connectivity index (χ3v) is 5.77. The molecule has 1 atom stereocenters. The normalized spacial score (nSPS) is 19.8. The van der Waals surface area contributed by atoms with Crippen molar-refractivity contribution in [3.05, 3.63) is 71.3 Å². The molecule has 1 saturated heterocycles. The van der Waals surface area contributed by atoms with Gasteiger partial charge in [-0.25, -0.2) is 8.78 Å². The van der Waals surface area contributed by atoms with E-state index in [1.807, 2.05) is 4.90 Å². The molecule has 1 saturated carbocycles. The summed E-state index contributed by atoms with van der Waals surface area (Å²) in [6, 6.07) is 12.2. The fourth-order valence-electron chi connectivity index (χ4n) is 3.91. The maximum atomic E-state index is 14.5. The molecule has 2 aliphatic rings. The van der Waals surface area contributed by atoms with Gasteiger partial charge in [-0.1, -0.05) is 30.3 Å². The Hall–Kier alpha value is -2.31. The minimum Gasteiger partial charge on any atom is -0.379 e. The molecule has 4 nitrogen and oxygen atoms in total. The van der Waals surface area contributed by atoms with Crippen LogP contribution in [0.1, 0.15) is 30.0 Å². The van der Waals surface area contributed by atoms with Crippen LogP contribution in [-0.2, 0) is 14.9 Å². The number of hydrogen-bond acceptors (Lipinski definition) is 3. The van der Waals surface area contributed by atoms with Crippen LogP contribution >= 0.6 is 0 Å². The minimum absolute atomic E-state index is 0.145. The van der Waals surface area contributed by atoms with Crippen LogP contribution in [0.3, 0.4) is 0 Å². The Morgan fingerprint density at radius 2 is 1.75 bits per heavy atom. The Balaban J connectivity index is 1.51. The molecule has 0 bridgehead atoms. The van der Waals surface area contributed by atoms with E-state index in [9.17, 15) is 13.6 Å². The predicted octanol–water partition coefficient (Wildman–Crippen LogP) is 3.19. The first kappa shape index (κ1) is 19.0. The summed E-state index contributed by atoms with van der Waals surface area (Å²) in [7, 11) is 0. The first-order chi connectivity index (χ1) is 13.6. The van der Waals surface area contributed by atoms with Gasteiger partial charge in [-0.05, 0) is 36.6 Å². The number of nitrogens with zero attached hydrogens (tertiary/aromatic N) is 1. The number of rotatable bonds is 6. The van der Waals surface area contributed by atoms with E-state index in [-0.39, 0.29) is 23.0 Å². The Morgan fingerprint density at radius 1 is 1.07 bits per heavy atom. The van der Waals surface area contributed by atoms with Gasteiger partial charge in [0.25, 0.3) is 0 Å². The van der Waals surface area contributed by atoms with Crippen molar-refractivity contribution in [1.82, 2.24) is 10.2 Å². The van der Waals surface area contributed by atoms with E-state index in [2.05, 4.69) is 5.32 Å². The molecule has 1 N–H and O–H groups in total. The van der Waals surface area contributed by atoms with Crippen molar-refractivity contribution >= 4 is 5.91 Å². The average molecular weight is 386 g/mol. The van der Waals surface area contributed by atoms with E-state index in [1.165, 1.54) is 18.2 Å². The number of amides is 1. The van der Waals surface area contributed by atoms with Crippen molar-refractivity contribution in [3.8, 4) is 0 Å². The second-order valence-corrected chi connectivity index (χ2v) is 7.58. The average Bonchev–Trinajstić information content (AvgIpc) is 3.51. The van der Waals surface area contributed by atoms with Crippen molar-refractivity contribution in [2.45, 2.75) is 24.3 Å². The van der Waals surface area contributed by atoms with Crippen molar-refractivity contribution in [2.75, 3.05) is 32.8 Å². The van der Waals surface area contributed by atoms with Crippen LogP contribution < -0.4 is 5.32 Å². The molecule has 28 heavy (non-hydrogen) atoms. The summed E-state index contributed by atoms with van der Waals surface area (Å²) in [6.45, 7) is 2.67. The Labute approximate surface area is 163 Å². The Morgan fingerprint density at radius 3 is 2.39 bits per heavy atom. The number of carbonyl (C=O) groups excluding carboxylic acids is 1. The van der Waals surface area contributed by atoms with Gasteiger partial charge in [0.1, 0.15) is 17.7 Å². The van der Waals surface area contributed by atoms with Crippen LogP contribution in [0.4, 0.5) is 8.78 Å². The van der Waals surface area contributed by atoms with E-state index in [4.69, 9.17) is 4.74 Å². The van der Waals surface area contributed by atoms with E-state index < -0.39 is 6.04 Å².